The van der Waals surface area contributed by atoms with E-state index in [4.69, 9.17) is 0 Å². The van der Waals surface area contributed by atoms with Crippen molar-refractivity contribution in [3.05, 3.63) is 199 Å². The van der Waals surface area contributed by atoms with Crippen LogP contribution in [0.4, 0.5) is 17.1 Å². The molecule has 10 rings (SSSR count). The Balaban J connectivity index is 1.06. The van der Waals surface area contributed by atoms with Crippen LogP contribution in [0.1, 0.15) is 25.0 Å². The van der Waals surface area contributed by atoms with Gasteiger partial charge in [0.1, 0.15) is 0 Å². The molecule has 0 unspecified atom stereocenters. The van der Waals surface area contributed by atoms with E-state index in [1.54, 1.807) is 0 Å². The van der Waals surface area contributed by atoms with Crippen LogP contribution in [0.15, 0.2) is 188 Å². The van der Waals surface area contributed by atoms with Gasteiger partial charge in [-0.05, 0) is 119 Å². The minimum atomic E-state index is -0.0668. The zero-order valence-corrected chi connectivity index (χ0v) is 29.3. The standard InChI is InChI=1S/C51H37N/c1-51(2)48-25-11-10-21-44(48)45-31-30-39(33-49(45)51)52(37-16-4-3-5-17-37)38-28-26-34(27-29-38)35-14-12-15-36(32-35)40-23-13-24-47-43-19-7-6-18-41(43)42-20-8-9-22-46(42)50(40)47/h3-33H,1-2H3. The summed E-state index contributed by atoms with van der Waals surface area (Å²) in [6.07, 6.45) is 0. The van der Waals surface area contributed by atoms with Crippen molar-refractivity contribution in [3.63, 3.8) is 0 Å². The van der Waals surface area contributed by atoms with Crippen LogP contribution < -0.4 is 4.90 Å². The molecule has 0 saturated heterocycles. The molecule has 0 aromatic heterocycles. The smallest absolute Gasteiger partial charge is 0.0465 e. The maximum atomic E-state index is 2.40. The van der Waals surface area contributed by atoms with Crippen LogP contribution in [-0.4, -0.2) is 0 Å². The first-order valence-electron chi connectivity index (χ1n) is 18.2. The summed E-state index contributed by atoms with van der Waals surface area (Å²) in [6.45, 7) is 4.69. The van der Waals surface area contributed by atoms with Crippen LogP contribution in [0.3, 0.4) is 0 Å². The zero-order valence-electron chi connectivity index (χ0n) is 29.3. The molecule has 0 aliphatic heterocycles. The Bertz CT molecular complexity index is 2760. The van der Waals surface area contributed by atoms with E-state index in [2.05, 4.69) is 207 Å². The molecule has 246 valence electrons. The Labute approximate surface area is 305 Å². The molecule has 1 heteroatoms. The molecule has 1 nitrogen and oxygen atoms in total. The average Bonchev–Trinajstić information content (AvgIpc) is 3.44. The van der Waals surface area contributed by atoms with E-state index in [1.165, 1.54) is 76.8 Å². The van der Waals surface area contributed by atoms with Crippen molar-refractivity contribution in [3.8, 4) is 33.4 Å². The third-order valence-corrected chi connectivity index (χ3v) is 11.2. The van der Waals surface area contributed by atoms with Crippen LogP contribution in [0.25, 0.3) is 65.7 Å². The third-order valence-electron chi connectivity index (χ3n) is 11.2. The number of rotatable bonds is 5. The lowest BCUT2D eigenvalue weighted by molar-refractivity contribution is 0.660. The molecule has 0 fully saturated rings. The molecule has 0 saturated carbocycles. The van der Waals surface area contributed by atoms with Gasteiger partial charge in [-0.2, -0.15) is 0 Å². The Morgan fingerprint density at radius 2 is 0.846 bits per heavy atom. The summed E-state index contributed by atoms with van der Waals surface area (Å²) in [5, 5.41) is 7.79. The first kappa shape index (κ1) is 30.4. The third kappa shape index (κ3) is 4.70. The van der Waals surface area contributed by atoms with E-state index in [0.29, 0.717) is 0 Å². The molecular formula is C51H37N. The lowest BCUT2D eigenvalue weighted by Crippen LogP contribution is -2.16. The fourth-order valence-corrected chi connectivity index (χ4v) is 8.72. The second-order valence-electron chi connectivity index (χ2n) is 14.5. The van der Waals surface area contributed by atoms with Crippen LogP contribution in [0.5, 0.6) is 0 Å². The van der Waals surface area contributed by atoms with Gasteiger partial charge in [0.05, 0.1) is 0 Å². The van der Waals surface area contributed by atoms with Crippen molar-refractivity contribution in [2.24, 2.45) is 0 Å². The number of nitrogens with zero attached hydrogens (tertiary/aromatic N) is 1. The normalized spacial score (nSPS) is 13.0. The molecule has 0 radical (unpaired) electrons. The van der Waals surface area contributed by atoms with Gasteiger partial charge in [-0.25, -0.2) is 0 Å². The van der Waals surface area contributed by atoms with Gasteiger partial charge in [-0.15, -0.1) is 0 Å². The van der Waals surface area contributed by atoms with Gasteiger partial charge >= 0.3 is 0 Å². The van der Waals surface area contributed by atoms with Gasteiger partial charge in [0, 0.05) is 22.5 Å². The molecule has 0 bridgehead atoms. The van der Waals surface area contributed by atoms with E-state index in [0.717, 1.165) is 17.1 Å². The summed E-state index contributed by atoms with van der Waals surface area (Å²) in [5.41, 5.74) is 13.7. The van der Waals surface area contributed by atoms with Gasteiger partial charge in [-0.1, -0.05) is 159 Å². The van der Waals surface area contributed by atoms with Gasteiger partial charge < -0.3 is 4.90 Å². The summed E-state index contributed by atoms with van der Waals surface area (Å²) in [7, 11) is 0. The number of para-hydroxylation sites is 1. The molecule has 9 aromatic carbocycles. The van der Waals surface area contributed by atoms with Crippen LogP contribution >= 0.6 is 0 Å². The summed E-state index contributed by atoms with van der Waals surface area (Å²) in [6, 6.07) is 69.0. The Morgan fingerprint density at radius 1 is 0.327 bits per heavy atom. The topological polar surface area (TPSA) is 3.24 Å². The maximum absolute atomic E-state index is 2.40. The SMILES string of the molecule is CC1(C)c2ccccc2-c2ccc(N(c3ccccc3)c3ccc(-c4cccc(-c5cccc6c7ccccc7c7ccccc7c56)c4)cc3)cc21. The highest BCUT2D eigenvalue weighted by Gasteiger charge is 2.35. The molecule has 0 N–H and O–H groups in total. The first-order chi connectivity index (χ1) is 25.6. The predicted molar refractivity (Wildman–Crippen MR) is 222 cm³/mol. The minimum Gasteiger partial charge on any atom is -0.310 e. The van der Waals surface area contributed by atoms with Crippen LogP contribution in [-0.2, 0) is 5.41 Å². The highest BCUT2D eigenvalue weighted by Crippen LogP contribution is 2.50. The largest absolute Gasteiger partial charge is 0.310 e. The van der Waals surface area contributed by atoms with Crippen molar-refractivity contribution < 1.29 is 0 Å². The van der Waals surface area contributed by atoms with E-state index >= 15 is 0 Å². The predicted octanol–water partition coefficient (Wildman–Crippen LogP) is 14.3. The molecule has 52 heavy (non-hydrogen) atoms. The quantitative estimate of drug-likeness (QED) is 0.166. The maximum Gasteiger partial charge on any atom is 0.0465 e. The van der Waals surface area contributed by atoms with Crippen molar-refractivity contribution in [1.29, 1.82) is 0 Å². The van der Waals surface area contributed by atoms with E-state index in [-0.39, 0.29) is 5.41 Å². The molecule has 0 heterocycles. The van der Waals surface area contributed by atoms with Gasteiger partial charge in [-0.3, -0.25) is 0 Å². The minimum absolute atomic E-state index is 0.0668. The number of anilines is 3. The average molecular weight is 664 g/mol. The molecule has 0 amide bonds. The lowest BCUT2D eigenvalue weighted by atomic mass is 9.82. The highest BCUT2D eigenvalue weighted by molar-refractivity contribution is 6.28. The van der Waals surface area contributed by atoms with Gasteiger partial charge in [0.2, 0.25) is 0 Å². The molecule has 1 aliphatic rings. The summed E-state index contributed by atoms with van der Waals surface area (Å²) < 4.78 is 0. The van der Waals surface area contributed by atoms with E-state index in [9.17, 15) is 0 Å². The summed E-state index contributed by atoms with van der Waals surface area (Å²) in [5.74, 6) is 0. The molecule has 9 aromatic rings. The number of hydrogen-bond acceptors (Lipinski definition) is 1. The summed E-state index contributed by atoms with van der Waals surface area (Å²) >= 11 is 0. The van der Waals surface area contributed by atoms with Gasteiger partial charge in [0.15, 0.2) is 0 Å². The monoisotopic (exact) mass is 663 g/mol. The zero-order chi connectivity index (χ0) is 34.8. The second-order valence-corrected chi connectivity index (χ2v) is 14.5. The fraction of sp³-hybridized carbons (Fsp3) is 0.0588. The van der Waals surface area contributed by atoms with E-state index in [1.807, 2.05) is 0 Å². The molecule has 0 spiro atoms. The number of hydrogen-bond donors (Lipinski definition) is 0. The van der Waals surface area contributed by atoms with Crippen molar-refractivity contribution in [2.75, 3.05) is 4.90 Å². The first-order valence-corrected chi connectivity index (χ1v) is 18.2. The van der Waals surface area contributed by atoms with Crippen molar-refractivity contribution in [1.82, 2.24) is 0 Å². The van der Waals surface area contributed by atoms with Crippen molar-refractivity contribution >= 4 is 49.4 Å². The Kier molecular flexibility index (Phi) is 6.91. The van der Waals surface area contributed by atoms with Crippen molar-refractivity contribution in [2.45, 2.75) is 19.3 Å². The van der Waals surface area contributed by atoms with Gasteiger partial charge in [0.25, 0.3) is 0 Å². The lowest BCUT2D eigenvalue weighted by Gasteiger charge is -2.28. The molecule has 1 aliphatic carbocycles. The molecule has 0 atom stereocenters. The Morgan fingerprint density at radius 3 is 1.60 bits per heavy atom. The van der Waals surface area contributed by atoms with Crippen LogP contribution in [0.2, 0.25) is 0 Å². The summed E-state index contributed by atoms with van der Waals surface area (Å²) in [4.78, 5) is 2.38. The number of fused-ring (bicyclic) bond motifs is 9. The fourth-order valence-electron chi connectivity index (χ4n) is 8.72. The second kappa shape index (κ2) is 11.8. The Hall–Kier alpha value is -6.44. The number of benzene rings is 9. The van der Waals surface area contributed by atoms with E-state index < -0.39 is 0 Å². The molecular weight excluding hydrogens is 627 g/mol. The highest BCUT2D eigenvalue weighted by atomic mass is 15.1. The van der Waals surface area contributed by atoms with Crippen LogP contribution in [0, 0.1) is 0 Å².